The molecule has 132 valence electrons. The largest absolute Gasteiger partial charge is 0.478 e. The Bertz CT molecular complexity index is 1070. The van der Waals surface area contributed by atoms with Crippen molar-refractivity contribution in [1.29, 1.82) is 0 Å². The molecular weight excluding hydrogens is 376 g/mol. The van der Waals surface area contributed by atoms with Gasteiger partial charge < -0.3 is 5.11 Å². The van der Waals surface area contributed by atoms with Gasteiger partial charge in [0.2, 0.25) is 0 Å². The van der Waals surface area contributed by atoms with Gasteiger partial charge in [-0.05, 0) is 35.9 Å². The molecule has 26 heavy (non-hydrogen) atoms. The van der Waals surface area contributed by atoms with E-state index in [0.717, 1.165) is 0 Å². The van der Waals surface area contributed by atoms with Crippen LogP contribution in [0.1, 0.15) is 10.4 Å². The number of nitrogens with zero attached hydrogens (tertiary/aromatic N) is 1. The van der Waals surface area contributed by atoms with E-state index < -0.39 is 16.0 Å². The van der Waals surface area contributed by atoms with Crippen LogP contribution in [0.15, 0.2) is 71.9 Å². The van der Waals surface area contributed by atoms with Gasteiger partial charge in [0.1, 0.15) is 0 Å². The van der Waals surface area contributed by atoms with Crippen LogP contribution in [0.3, 0.4) is 0 Å². The van der Waals surface area contributed by atoms with Crippen LogP contribution in [-0.4, -0.2) is 24.5 Å². The number of hydrogen-bond donors (Lipinski definition) is 2. The lowest BCUT2D eigenvalue weighted by Crippen LogP contribution is -2.13. The number of carboxylic acid groups (broad SMARTS) is 1. The van der Waals surface area contributed by atoms with Crippen LogP contribution in [0.5, 0.6) is 0 Å². The summed E-state index contributed by atoms with van der Waals surface area (Å²) < 4.78 is 27.4. The van der Waals surface area contributed by atoms with Gasteiger partial charge in [-0.25, -0.2) is 13.2 Å². The fourth-order valence-electron chi connectivity index (χ4n) is 2.30. The van der Waals surface area contributed by atoms with Crippen LogP contribution < -0.4 is 4.72 Å². The van der Waals surface area contributed by atoms with Gasteiger partial charge in [-0.2, -0.15) is 0 Å². The average Bonchev–Trinajstić information content (AvgIpc) is 2.64. The Hall–Kier alpha value is -2.90. The number of hydrogen-bond acceptors (Lipinski definition) is 4. The molecule has 0 spiro atoms. The van der Waals surface area contributed by atoms with Crippen molar-refractivity contribution in [1.82, 2.24) is 4.98 Å². The molecule has 0 aliphatic heterocycles. The molecule has 0 unspecified atom stereocenters. The van der Waals surface area contributed by atoms with Crippen molar-refractivity contribution in [2.24, 2.45) is 0 Å². The molecule has 6 nitrogen and oxygen atoms in total. The number of carbonyl (C=O) groups is 1. The zero-order valence-electron chi connectivity index (χ0n) is 13.3. The van der Waals surface area contributed by atoms with E-state index in [1.807, 2.05) is 0 Å². The van der Waals surface area contributed by atoms with Crippen molar-refractivity contribution in [2.75, 3.05) is 4.72 Å². The van der Waals surface area contributed by atoms with Crippen molar-refractivity contribution >= 4 is 33.3 Å². The van der Waals surface area contributed by atoms with E-state index >= 15 is 0 Å². The molecule has 3 aromatic rings. The Labute approximate surface area is 155 Å². The standard InChI is InChI=1S/C18H13ClN2O4S/c19-16-7-6-12(13-8-14(18(22)23)11-20-10-13)9-17(16)21-26(24,25)15-4-2-1-3-5-15/h1-11,21H,(H,22,23). The quantitative estimate of drug-likeness (QED) is 0.690. The zero-order valence-corrected chi connectivity index (χ0v) is 14.8. The molecule has 0 saturated heterocycles. The first-order chi connectivity index (χ1) is 12.4. The molecular formula is C18H13ClN2O4S. The number of rotatable bonds is 5. The Morgan fingerprint density at radius 3 is 2.42 bits per heavy atom. The molecule has 0 radical (unpaired) electrons. The van der Waals surface area contributed by atoms with Crippen LogP contribution in [0, 0.1) is 0 Å². The summed E-state index contributed by atoms with van der Waals surface area (Å²) in [4.78, 5) is 15.1. The number of pyridine rings is 1. The SMILES string of the molecule is O=C(O)c1cncc(-c2ccc(Cl)c(NS(=O)(=O)c3ccccc3)c2)c1. The molecule has 2 N–H and O–H groups in total. The highest BCUT2D eigenvalue weighted by Gasteiger charge is 2.16. The van der Waals surface area contributed by atoms with Gasteiger partial charge in [-0.15, -0.1) is 0 Å². The van der Waals surface area contributed by atoms with Gasteiger partial charge >= 0.3 is 5.97 Å². The van der Waals surface area contributed by atoms with Crippen LogP contribution in [0.25, 0.3) is 11.1 Å². The minimum atomic E-state index is -3.80. The zero-order chi connectivity index (χ0) is 18.7. The monoisotopic (exact) mass is 388 g/mol. The maximum Gasteiger partial charge on any atom is 0.337 e. The lowest BCUT2D eigenvalue weighted by atomic mass is 10.1. The van der Waals surface area contributed by atoms with Crippen LogP contribution in [0.2, 0.25) is 5.02 Å². The first-order valence-electron chi connectivity index (χ1n) is 7.43. The number of aromatic carboxylic acids is 1. The van der Waals surface area contributed by atoms with Gasteiger partial charge in [0, 0.05) is 18.0 Å². The smallest absolute Gasteiger partial charge is 0.337 e. The topological polar surface area (TPSA) is 96.4 Å². The minimum Gasteiger partial charge on any atom is -0.478 e. The second-order valence-corrected chi connectivity index (χ2v) is 7.47. The number of anilines is 1. The van der Waals surface area contributed by atoms with E-state index in [-0.39, 0.29) is 21.2 Å². The number of benzene rings is 2. The molecule has 0 aliphatic carbocycles. The highest BCUT2D eigenvalue weighted by Crippen LogP contribution is 2.30. The Morgan fingerprint density at radius 1 is 1.00 bits per heavy atom. The number of nitrogens with one attached hydrogen (secondary N) is 1. The Balaban J connectivity index is 1.99. The predicted octanol–water partition coefficient (Wildman–Crippen LogP) is 3.90. The molecule has 0 saturated carbocycles. The van der Waals surface area contributed by atoms with Gasteiger partial charge in [0.15, 0.2) is 0 Å². The van der Waals surface area contributed by atoms with Crippen LogP contribution >= 0.6 is 11.6 Å². The van der Waals surface area contributed by atoms with Gasteiger partial charge in [-0.1, -0.05) is 35.9 Å². The highest BCUT2D eigenvalue weighted by molar-refractivity contribution is 7.92. The first kappa shape index (κ1) is 17.9. The van der Waals surface area contributed by atoms with E-state index in [1.54, 1.807) is 24.3 Å². The lowest BCUT2D eigenvalue weighted by Gasteiger charge is -2.11. The number of carboxylic acids is 1. The van der Waals surface area contributed by atoms with Gasteiger partial charge in [-0.3, -0.25) is 9.71 Å². The third-order valence-electron chi connectivity index (χ3n) is 3.58. The summed E-state index contributed by atoms with van der Waals surface area (Å²) in [6, 6.07) is 14.1. The molecule has 0 aliphatic rings. The molecule has 0 bridgehead atoms. The van der Waals surface area contributed by atoms with Gasteiger partial charge in [0.05, 0.1) is 21.2 Å². The van der Waals surface area contributed by atoms with E-state index in [1.165, 1.54) is 42.7 Å². The summed E-state index contributed by atoms with van der Waals surface area (Å²) in [6.07, 6.45) is 2.73. The maximum absolute atomic E-state index is 12.5. The van der Waals surface area contributed by atoms with E-state index in [0.29, 0.717) is 11.1 Å². The van der Waals surface area contributed by atoms with E-state index in [4.69, 9.17) is 16.7 Å². The summed E-state index contributed by atoms with van der Waals surface area (Å²) in [5, 5.41) is 9.30. The second-order valence-electron chi connectivity index (χ2n) is 5.38. The second kappa shape index (κ2) is 7.15. The molecule has 0 atom stereocenters. The van der Waals surface area contributed by atoms with Crippen molar-refractivity contribution in [2.45, 2.75) is 4.90 Å². The minimum absolute atomic E-state index is 0.0314. The summed E-state index contributed by atoms with van der Waals surface area (Å²) in [5.74, 6) is -1.10. The van der Waals surface area contributed by atoms with Crippen molar-refractivity contribution in [3.8, 4) is 11.1 Å². The fourth-order valence-corrected chi connectivity index (χ4v) is 3.61. The van der Waals surface area contributed by atoms with Crippen molar-refractivity contribution < 1.29 is 18.3 Å². The van der Waals surface area contributed by atoms with E-state index in [9.17, 15) is 13.2 Å². The summed E-state index contributed by atoms with van der Waals surface area (Å²) in [6.45, 7) is 0. The van der Waals surface area contributed by atoms with Crippen LogP contribution in [0.4, 0.5) is 5.69 Å². The fraction of sp³-hybridized carbons (Fsp3) is 0. The number of aromatic nitrogens is 1. The highest BCUT2D eigenvalue weighted by atomic mass is 35.5. The Kier molecular flexibility index (Phi) is 4.92. The molecule has 0 fully saturated rings. The third-order valence-corrected chi connectivity index (χ3v) is 5.29. The maximum atomic E-state index is 12.5. The normalized spacial score (nSPS) is 11.1. The summed E-state index contributed by atoms with van der Waals surface area (Å²) >= 11 is 6.12. The van der Waals surface area contributed by atoms with Crippen molar-refractivity contribution in [3.63, 3.8) is 0 Å². The lowest BCUT2D eigenvalue weighted by molar-refractivity contribution is 0.0696. The number of sulfonamides is 1. The Morgan fingerprint density at radius 2 is 1.73 bits per heavy atom. The first-order valence-corrected chi connectivity index (χ1v) is 9.29. The average molecular weight is 389 g/mol. The number of halogens is 1. The van der Waals surface area contributed by atoms with Crippen molar-refractivity contribution in [3.05, 3.63) is 77.6 Å². The molecule has 0 amide bonds. The van der Waals surface area contributed by atoms with E-state index in [2.05, 4.69) is 9.71 Å². The van der Waals surface area contributed by atoms with Gasteiger partial charge in [0.25, 0.3) is 10.0 Å². The summed E-state index contributed by atoms with van der Waals surface area (Å²) in [5.41, 5.74) is 1.33. The molecule has 3 rings (SSSR count). The molecule has 1 heterocycles. The predicted molar refractivity (Wildman–Crippen MR) is 98.9 cm³/mol. The third kappa shape index (κ3) is 3.84. The molecule has 8 heteroatoms. The van der Waals surface area contributed by atoms with Crippen LogP contribution in [-0.2, 0) is 10.0 Å². The molecule has 2 aromatic carbocycles. The summed E-state index contributed by atoms with van der Waals surface area (Å²) in [7, 11) is -3.80. The molecule has 1 aromatic heterocycles.